The number of nitrogen functional groups attached to an aromatic ring is 1. The lowest BCUT2D eigenvalue weighted by Crippen LogP contribution is -2.40. The van der Waals surface area contributed by atoms with E-state index in [1.54, 1.807) is 4.90 Å². The van der Waals surface area contributed by atoms with Crippen molar-refractivity contribution in [3.8, 4) is 0 Å². The van der Waals surface area contributed by atoms with Crippen LogP contribution in [0.3, 0.4) is 0 Å². The number of primary amides is 1. The van der Waals surface area contributed by atoms with Crippen molar-refractivity contribution in [1.82, 2.24) is 4.98 Å². The summed E-state index contributed by atoms with van der Waals surface area (Å²) in [6, 6.07) is 2.65. The number of rotatable bonds is 5. The second-order valence-electron chi connectivity index (χ2n) is 4.90. The minimum Gasteiger partial charge on any atom is -0.383 e. The van der Waals surface area contributed by atoms with Gasteiger partial charge >= 0.3 is 0 Å². The summed E-state index contributed by atoms with van der Waals surface area (Å²) in [6.07, 6.45) is 3.95. The smallest absolute Gasteiger partial charge is 0.276 e. The van der Waals surface area contributed by atoms with E-state index in [2.05, 4.69) is 4.98 Å². The molecule has 1 heterocycles. The fourth-order valence-corrected chi connectivity index (χ4v) is 2.56. The lowest BCUT2D eigenvalue weighted by Gasteiger charge is -2.28. The van der Waals surface area contributed by atoms with E-state index in [4.69, 9.17) is 11.5 Å². The van der Waals surface area contributed by atoms with Gasteiger partial charge in [-0.2, -0.15) is 0 Å². The third-order valence-corrected chi connectivity index (χ3v) is 3.41. The molecule has 1 fully saturated rings. The molecule has 108 valence electrons. The first kappa shape index (κ1) is 14.0. The van der Waals surface area contributed by atoms with E-state index < -0.39 is 10.8 Å². The van der Waals surface area contributed by atoms with Gasteiger partial charge in [-0.25, -0.2) is 4.98 Å². The Labute approximate surface area is 115 Å². The van der Waals surface area contributed by atoms with Crippen LogP contribution >= 0.6 is 0 Å². The molecule has 1 aromatic heterocycles. The van der Waals surface area contributed by atoms with Gasteiger partial charge in [-0.1, -0.05) is 12.8 Å². The maximum atomic E-state index is 11.2. The minimum absolute atomic E-state index is 0.0156. The number of amides is 1. The number of carbonyl (C=O) groups excluding carboxylic acids is 1. The van der Waals surface area contributed by atoms with Crippen molar-refractivity contribution in [2.24, 2.45) is 5.73 Å². The fourth-order valence-electron chi connectivity index (χ4n) is 2.56. The Hall–Kier alpha value is -2.38. The highest BCUT2D eigenvalue weighted by Gasteiger charge is 2.26. The topological polar surface area (TPSA) is 128 Å². The summed E-state index contributed by atoms with van der Waals surface area (Å²) in [5.41, 5.74) is 10.7. The van der Waals surface area contributed by atoms with E-state index in [0.717, 1.165) is 25.7 Å². The van der Waals surface area contributed by atoms with Gasteiger partial charge in [0.2, 0.25) is 5.91 Å². The van der Waals surface area contributed by atoms with E-state index in [-0.39, 0.29) is 24.1 Å². The quantitative estimate of drug-likeness (QED) is 0.606. The molecule has 8 heteroatoms. The fraction of sp³-hybridized carbons (Fsp3) is 0.500. The Morgan fingerprint density at radius 3 is 2.65 bits per heavy atom. The van der Waals surface area contributed by atoms with Gasteiger partial charge in [0.15, 0.2) is 0 Å². The van der Waals surface area contributed by atoms with Crippen molar-refractivity contribution in [2.75, 3.05) is 17.2 Å². The molecule has 0 spiro atoms. The summed E-state index contributed by atoms with van der Waals surface area (Å²) in [6.45, 7) is -0.0156. The highest BCUT2D eigenvalue weighted by molar-refractivity contribution is 5.79. The Kier molecular flexibility index (Phi) is 4.02. The average molecular weight is 279 g/mol. The largest absolute Gasteiger partial charge is 0.383 e. The molecule has 2 rings (SSSR count). The van der Waals surface area contributed by atoms with Gasteiger partial charge in [0.05, 0.1) is 23.6 Å². The molecular formula is C12H17N5O3. The summed E-state index contributed by atoms with van der Waals surface area (Å²) in [5, 5.41) is 10.9. The third kappa shape index (κ3) is 3.14. The van der Waals surface area contributed by atoms with Crippen LogP contribution in [-0.2, 0) is 4.79 Å². The second-order valence-corrected chi connectivity index (χ2v) is 4.90. The monoisotopic (exact) mass is 279 g/mol. The van der Waals surface area contributed by atoms with Crippen molar-refractivity contribution in [3.05, 3.63) is 22.2 Å². The van der Waals surface area contributed by atoms with Crippen LogP contribution in [0.4, 0.5) is 17.3 Å². The van der Waals surface area contributed by atoms with E-state index in [9.17, 15) is 14.9 Å². The zero-order valence-electron chi connectivity index (χ0n) is 11.0. The highest BCUT2D eigenvalue weighted by atomic mass is 16.6. The maximum absolute atomic E-state index is 11.2. The number of nitrogens with two attached hydrogens (primary N) is 2. The van der Waals surface area contributed by atoms with Gasteiger partial charge in [-0.15, -0.1) is 0 Å². The Balaban J connectivity index is 2.36. The highest BCUT2D eigenvalue weighted by Crippen LogP contribution is 2.29. The Morgan fingerprint density at radius 2 is 2.10 bits per heavy atom. The molecule has 20 heavy (non-hydrogen) atoms. The number of nitrogens with zero attached hydrogens (tertiary/aromatic N) is 3. The lowest BCUT2D eigenvalue weighted by molar-refractivity contribution is -0.384. The zero-order valence-corrected chi connectivity index (χ0v) is 11.0. The maximum Gasteiger partial charge on any atom is 0.276 e. The third-order valence-electron chi connectivity index (χ3n) is 3.41. The Morgan fingerprint density at radius 1 is 1.45 bits per heavy atom. The summed E-state index contributed by atoms with van der Waals surface area (Å²) in [5.74, 6) is -0.104. The number of hydrogen-bond acceptors (Lipinski definition) is 6. The molecule has 1 aromatic rings. The summed E-state index contributed by atoms with van der Waals surface area (Å²) in [4.78, 5) is 27.4. The van der Waals surface area contributed by atoms with Crippen molar-refractivity contribution in [3.63, 3.8) is 0 Å². The second kappa shape index (κ2) is 5.72. The number of nitro groups is 1. The van der Waals surface area contributed by atoms with Crippen molar-refractivity contribution in [1.29, 1.82) is 0 Å². The predicted molar refractivity (Wildman–Crippen MR) is 74.1 cm³/mol. The van der Waals surface area contributed by atoms with Gasteiger partial charge in [-0.3, -0.25) is 14.9 Å². The first-order valence-corrected chi connectivity index (χ1v) is 6.44. The van der Waals surface area contributed by atoms with Crippen molar-refractivity contribution >= 4 is 23.2 Å². The first-order chi connectivity index (χ1) is 9.47. The van der Waals surface area contributed by atoms with Gasteiger partial charge in [-0.05, 0) is 12.8 Å². The normalized spacial score (nSPS) is 15.2. The molecule has 1 aliphatic carbocycles. The van der Waals surface area contributed by atoms with Crippen molar-refractivity contribution < 1.29 is 9.72 Å². The molecule has 1 amide bonds. The van der Waals surface area contributed by atoms with Crippen molar-refractivity contribution in [2.45, 2.75) is 31.7 Å². The lowest BCUT2D eigenvalue weighted by atomic mass is 10.2. The molecule has 0 atom stereocenters. The first-order valence-electron chi connectivity index (χ1n) is 6.44. The molecule has 0 bridgehead atoms. The molecule has 0 aliphatic heterocycles. The van der Waals surface area contributed by atoms with E-state index in [0.29, 0.717) is 5.82 Å². The van der Waals surface area contributed by atoms with Crippen LogP contribution in [0.25, 0.3) is 0 Å². The number of anilines is 2. The van der Waals surface area contributed by atoms with E-state index >= 15 is 0 Å². The summed E-state index contributed by atoms with van der Waals surface area (Å²) >= 11 is 0. The number of hydrogen-bond donors (Lipinski definition) is 2. The zero-order chi connectivity index (χ0) is 14.7. The SMILES string of the molecule is NC(=O)CN(c1cc([N+](=O)[O-])cc(N)n1)C1CCCC1. The predicted octanol–water partition coefficient (Wildman–Crippen LogP) is 0.806. The van der Waals surface area contributed by atoms with Gasteiger partial charge in [0.25, 0.3) is 5.69 Å². The van der Waals surface area contributed by atoms with Crippen LogP contribution in [0.5, 0.6) is 0 Å². The molecule has 1 saturated carbocycles. The van der Waals surface area contributed by atoms with Gasteiger partial charge in [0, 0.05) is 6.04 Å². The standard InChI is InChI=1S/C12H17N5O3/c13-10-5-9(17(19)20)6-12(15-10)16(7-11(14)18)8-3-1-2-4-8/h5-6,8H,1-4,7H2,(H2,13,15)(H2,14,18). The molecule has 0 radical (unpaired) electrons. The molecule has 4 N–H and O–H groups in total. The van der Waals surface area contributed by atoms with Crippen LogP contribution in [0.2, 0.25) is 0 Å². The van der Waals surface area contributed by atoms with E-state index in [1.165, 1.54) is 12.1 Å². The van der Waals surface area contributed by atoms with Crippen LogP contribution < -0.4 is 16.4 Å². The minimum atomic E-state index is -0.529. The molecule has 1 aliphatic rings. The summed E-state index contributed by atoms with van der Waals surface area (Å²) < 4.78 is 0. The molecule has 0 unspecified atom stereocenters. The van der Waals surface area contributed by atoms with Crippen LogP contribution in [0.1, 0.15) is 25.7 Å². The van der Waals surface area contributed by atoms with Crippen LogP contribution in [-0.4, -0.2) is 28.4 Å². The number of carbonyl (C=O) groups is 1. The summed E-state index contributed by atoms with van der Waals surface area (Å²) in [7, 11) is 0. The van der Waals surface area contributed by atoms with Crippen LogP contribution in [0, 0.1) is 10.1 Å². The molecular weight excluding hydrogens is 262 g/mol. The number of aromatic nitrogens is 1. The van der Waals surface area contributed by atoms with Gasteiger partial charge in [0.1, 0.15) is 11.6 Å². The van der Waals surface area contributed by atoms with E-state index in [1.807, 2.05) is 0 Å². The molecule has 0 saturated heterocycles. The average Bonchev–Trinajstić information content (AvgIpc) is 2.88. The number of pyridine rings is 1. The molecule has 0 aromatic carbocycles. The van der Waals surface area contributed by atoms with Crippen LogP contribution in [0.15, 0.2) is 12.1 Å². The Bertz CT molecular complexity index is 528. The van der Waals surface area contributed by atoms with Gasteiger partial charge < -0.3 is 16.4 Å². The molecule has 8 nitrogen and oxygen atoms in total.